The van der Waals surface area contributed by atoms with Crippen molar-refractivity contribution in [1.29, 1.82) is 0 Å². The Balaban J connectivity index is 2.09. The molecule has 0 spiro atoms. The molecule has 2 atom stereocenters. The van der Waals surface area contributed by atoms with Crippen LogP contribution in [-0.2, 0) is 11.3 Å². The fourth-order valence-electron chi connectivity index (χ4n) is 2.63. The second kappa shape index (κ2) is 5.31. The first-order chi connectivity index (χ1) is 9.16. The molecule has 0 saturated carbocycles. The standard InChI is InChI=1S/C14H16Cl2N2O/c1-9(15)14-17-12-4-2-3-11(16)13(12)18(14)7-10-5-6-19-8-10/h2-4,9-10H,5-8H2,1H3. The van der Waals surface area contributed by atoms with Crippen LogP contribution >= 0.6 is 23.2 Å². The van der Waals surface area contributed by atoms with E-state index in [1.165, 1.54) is 0 Å². The zero-order valence-corrected chi connectivity index (χ0v) is 12.3. The third-order valence-corrected chi connectivity index (χ3v) is 4.07. The van der Waals surface area contributed by atoms with E-state index in [1.54, 1.807) is 0 Å². The van der Waals surface area contributed by atoms with Gasteiger partial charge in [-0.1, -0.05) is 17.7 Å². The van der Waals surface area contributed by atoms with Gasteiger partial charge in [0, 0.05) is 19.1 Å². The molecule has 1 fully saturated rings. The summed E-state index contributed by atoms with van der Waals surface area (Å²) in [5.41, 5.74) is 1.90. The molecular weight excluding hydrogens is 283 g/mol. The van der Waals surface area contributed by atoms with Crippen LogP contribution in [0.15, 0.2) is 18.2 Å². The van der Waals surface area contributed by atoms with Crippen LogP contribution in [0.3, 0.4) is 0 Å². The molecule has 2 aromatic rings. The Kier molecular flexibility index (Phi) is 3.70. The molecule has 5 heteroatoms. The third kappa shape index (κ3) is 2.47. The highest BCUT2D eigenvalue weighted by Crippen LogP contribution is 2.31. The molecule has 0 radical (unpaired) electrons. The number of imidazole rings is 1. The fourth-order valence-corrected chi connectivity index (χ4v) is 3.07. The number of benzene rings is 1. The summed E-state index contributed by atoms with van der Waals surface area (Å²) in [7, 11) is 0. The monoisotopic (exact) mass is 298 g/mol. The van der Waals surface area contributed by atoms with E-state index in [4.69, 9.17) is 27.9 Å². The van der Waals surface area contributed by atoms with Crippen molar-refractivity contribution in [3.63, 3.8) is 0 Å². The molecular formula is C14H16Cl2N2O. The van der Waals surface area contributed by atoms with E-state index < -0.39 is 0 Å². The lowest BCUT2D eigenvalue weighted by Gasteiger charge is -2.14. The van der Waals surface area contributed by atoms with Crippen LogP contribution in [-0.4, -0.2) is 22.8 Å². The summed E-state index contributed by atoms with van der Waals surface area (Å²) in [5, 5.41) is 0.596. The van der Waals surface area contributed by atoms with Crippen LogP contribution in [0.5, 0.6) is 0 Å². The second-order valence-corrected chi connectivity index (χ2v) is 6.10. The van der Waals surface area contributed by atoms with E-state index in [2.05, 4.69) is 9.55 Å². The third-order valence-electron chi connectivity index (χ3n) is 3.57. The van der Waals surface area contributed by atoms with Crippen LogP contribution in [0.1, 0.15) is 24.5 Å². The van der Waals surface area contributed by atoms with Gasteiger partial charge in [-0.2, -0.15) is 0 Å². The van der Waals surface area contributed by atoms with Gasteiger partial charge in [0.1, 0.15) is 5.82 Å². The lowest BCUT2D eigenvalue weighted by Crippen LogP contribution is -2.13. The smallest absolute Gasteiger partial charge is 0.127 e. The van der Waals surface area contributed by atoms with E-state index in [1.807, 2.05) is 25.1 Å². The number of fused-ring (bicyclic) bond motifs is 1. The maximum absolute atomic E-state index is 6.33. The average Bonchev–Trinajstić information content (AvgIpc) is 2.98. The minimum atomic E-state index is -0.134. The van der Waals surface area contributed by atoms with E-state index in [0.29, 0.717) is 5.92 Å². The number of aromatic nitrogens is 2. The Morgan fingerprint density at radius 2 is 2.37 bits per heavy atom. The van der Waals surface area contributed by atoms with Crippen molar-refractivity contribution in [2.75, 3.05) is 13.2 Å². The Labute approximate surface area is 122 Å². The molecule has 0 bridgehead atoms. The zero-order valence-electron chi connectivity index (χ0n) is 10.8. The topological polar surface area (TPSA) is 27.1 Å². The second-order valence-electron chi connectivity index (χ2n) is 5.03. The summed E-state index contributed by atoms with van der Waals surface area (Å²) in [6.45, 7) is 4.46. The number of rotatable bonds is 3. The molecule has 0 amide bonds. The minimum absolute atomic E-state index is 0.134. The highest BCUT2D eigenvalue weighted by Gasteiger charge is 2.22. The predicted octanol–water partition coefficient (Wildman–Crippen LogP) is 4.03. The Morgan fingerprint density at radius 1 is 1.53 bits per heavy atom. The summed E-state index contributed by atoms with van der Waals surface area (Å²) in [6, 6.07) is 5.80. The van der Waals surface area contributed by atoms with Crippen molar-refractivity contribution in [3.05, 3.63) is 29.0 Å². The van der Waals surface area contributed by atoms with Gasteiger partial charge in [-0.15, -0.1) is 11.6 Å². The molecule has 0 aliphatic carbocycles. The maximum Gasteiger partial charge on any atom is 0.127 e. The summed E-state index contributed by atoms with van der Waals surface area (Å²) in [5.74, 6) is 1.40. The number of para-hydroxylation sites is 1. The molecule has 1 aromatic carbocycles. The molecule has 3 nitrogen and oxygen atoms in total. The number of nitrogens with zero attached hydrogens (tertiary/aromatic N) is 2. The van der Waals surface area contributed by atoms with Gasteiger partial charge in [0.15, 0.2) is 0 Å². The van der Waals surface area contributed by atoms with Crippen molar-refractivity contribution in [2.24, 2.45) is 5.92 Å². The van der Waals surface area contributed by atoms with Crippen molar-refractivity contribution in [1.82, 2.24) is 9.55 Å². The molecule has 1 aliphatic rings. The maximum atomic E-state index is 6.33. The van der Waals surface area contributed by atoms with Gasteiger partial charge in [0.2, 0.25) is 0 Å². The molecule has 102 valence electrons. The van der Waals surface area contributed by atoms with Crippen LogP contribution in [0.25, 0.3) is 11.0 Å². The number of ether oxygens (including phenoxy) is 1. The SMILES string of the molecule is CC(Cl)c1nc2cccc(Cl)c2n1CC1CCOC1. The zero-order chi connectivity index (χ0) is 13.4. The first-order valence-corrected chi connectivity index (χ1v) is 7.34. The van der Waals surface area contributed by atoms with Gasteiger partial charge in [-0.3, -0.25) is 0 Å². The molecule has 1 aliphatic heterocycles. The lowest BCUT2D eigenvalue weighted by atomic mass is 10.1. The number of hydrogen-bond donors (Lipinski definition) is 0. The molecule has 2 heterocycles. The Hall–Kier alpha value is -0.770. The van der Waals surface area contributed by atoms with Crippen molar-refractivity contribution in [3.8, 4) is 0 Å². The van der Waals surface area contributed by atoms with Crippen LogP contribution < -0.4 is 0 Å². The largest absolute Gasteiger partial charge is 0.381 e. The fraction of sp³-hybridized carbons (Fsp3) is 0.500. The molecule has 0 N–H and O–H groups in total. The van der Waals surface area contributed by atoms with Crippen molar-refractivity contribution >= 4 is 34.2 Å². The Bertz CT molecular complexity index is 588. The van der Waals surface area contributed by atoms with Gasteiger partial charge in [-0.25, -0.2) is 4.98 Å². The van der Waals surface area contributed by atoms with E-state index in [0.717, 1.165) is 48.1 Å². The Morgan fingerprint density at radius 3 is 3.05 bits per heavy atom. The van der Waals surface area contributed by atoms with Crippen LogP contribution in [0.2, 0.25) is 5.02 Å². The molecule has 1 saturated heterocycles. The molecule has 19 heavy (non-hydrogen) atoms. The number of halogens is 2. The molecule has 1 aromatic heterocycles. The van der Waals surface area contributed by atoms with Gasteiger partial charge < -0.3 is 9.30 Å². The van der Waals surface area contributed by atoms with E-state index >= 15 is 0 Å². The quantitative estimate of drug-likeness (QED) is 0.800. The minimum Gasteiger partial charge on any atom is -0.381 e. The van der Waals surface area contributed by atoms with Gasteiger partial charge >= 0.3 is 0 Å². The van der Waals surface area contributed by atoms with Gasteiger partial charge in [0.25, 0.3) is 0 Å². The van der Waals surface area contributed by atoms with Crippen LogP contribution in [0.4, 0.5) is 0 Å². The normalized spacial score (nSPS) is 21.1. The van der Waals surface area contributed by atoms with Crippen molar-refractivity contribution in [2.45, 2.75) is 25.3 Å². The molecule has 2 unspecified atom stereocenters. The highest BCUT2D eigenvalue weighted by atomic mass is 35.5. The van der Waals surface area contributed by atoms with E-state index in [-0.39, 0.29) is 5.38 Å². The number of alkyl halides is 1. The summed E-state index contributed by atoms with van der Waals surface area (Å²) in [6.07, 6.45) is 1.08. The van der Waals surface area contributed by atoms with Gasteiger partial charge in [-0.05, 0) is 25.5 Å². The van der Waals surface area contributed by atoms with Crippen LogP contribution in [0, 0.1) is 5.92 Å². The summed E-state index contributed by atoms with van der Waals surface area (Å²) >= 11 is 12.6. The summed E-state index contributed by atoms with van der Waals surface area (Å²) < 4.78 is 7.61. The first kappa shape index (κ1) is 13.2. The van der Waals surface area contributed by atoms with E-state index in [9.17, 15) is 0 Å². The number of hydrogen-bond acceptors (Lipinski definition) is 2. The summed E-state index contributed by atoms with van der Waals surface area (Å²) in [4.78, 5) is 4.62. The molecule has 3 rings (SSSR count). The lowest BCUT2D eigenvalue weighted by molar-refractivity contribution is 0.182. The van der Waals surface area contributed by atoms with Gasteiger partial charge in [0.05, 0.1) is 28.0 Å². The first-order valence-electron chi connectivity index (χ1n) is 6.53. The average molecular weight is 299 g/mol. The predicted molar refractivity (Wildman–Crippen MR) is 77.9 cm³/mol. The highest BCUT2D eigenvalue weighted by molar-refractivity contribution is 6.35. The van der Waals surface area contributed by atoms with Crippen molar-refractivity contribution < 1.29 is 4.74 Å².